The Balaban J connectivity index is 2.29. The molecule has 0 amide bonds. The summed E-state index contributed by atoms with van der Waals surface area (Å²) >= 11 is 0. The molecular weight excluding hydrogens is 294 g/mol. The van der Waals surface area contributed by atoms with E-state index in [0.29, 0.717) is 18.5 Å². The lowest BCUT2D eigenvalue weighted by atomic mass is 10.1. The van der Waals surface area contributed by atoms with Gasteiger partial charge in [-0.05, 0) is 24.5 Å². The molecule has 8 heteroatoms. The first kappa shape index (κ1) is 15.7. The second kappa shape index (κ2) is 6.40. The molecule has 1 saturated heterocycles. The largest absolute Gasteiger partial charge is 0.385 e. The molecule has 21 heavy (non-hydrogen) atoms. The predicted molar refractivity (Wildman–Crippen MR) is 80.7 cm³/mol. The smallest absolute Gasteiger partial charge is 0.269 e. The SMILES string of the molecule is CCCNc1ccc([N+](=O)[O-])cc1CN1CCCS1(=O)=O. The van der Waals surface area contributed by atoms with E-state index in [0.717, 1.165) is 18.7 Å². The first-order valence-corrected chi connectivity index (χ1v) is 8.54. The monoisotopic (exact) mass is 313 g/mol. The van der Waals surface area contributed by atoms with Crippen molar-refractivity contribution in [3.05, 3.63) is 33.9 Å². The van der Waals surface area contributed by atoms with Crippen LogP contribution in [-0.2, 0) is 16.6 Å². The maximum absolute atomic E-state index is 11.9. The second-order valence-corrected chi connectivity index (χ2v) is 7.12. The number of anilines is 1. The zero-order chi connectivity index (χ0) is 15.5. The molecule has 116 valence electrons. The Morgan fingerprint density at radius 1 is 1.43 bits per heavy atom. The number of hydrogen-bond donors (Lipinski definition) is 1. The van der Waals surface area contributed by atoms with Gasteiger partial charge in [0.1, 0.15) is 0 Å². The Morgan fingerprint density at radius 3 is 2.76 bits per heavy atom. The summed E-state index contributed by atoms with van der Waals surface area (Å²) in [6.45, 7) is 3.40. The zero-order valence-electron chi connectivity index (χ0n) is 11.9. The van der Waals surface area contributed by atoms with E-state index in [4.69, 9.17) is 0 Å². The van der Waals surface area contributed by atoms with Crippen LogP contribution in [0, 0.1) is 10.1 Å². The van der Waals surface area contributed by atoms with Crippen LogP contribution in [0.15, 0.2) is 18.2 Å². The van der Waals surface area contributed by atoms with E-state index < -0.39 is 14.9 Å². The topological polar surface area (TPSA) is 92.6 Å². The average Bonchev–Trinajstić information content (AvgIpc) is 2.76. The third-order valence-electron chi connectivity index (χ3n) is 3.41. The van der Waals surface area contributed by atoms with E-state index in [2.05, 4.69) is 5.32 Å². The highest BCUT2D eigenvalue weighted by atomic mass is 32.2. The van der Waals surface area contributed by atoms with Gasteiger partial charge in [0.25, 0.3) is 5.69 Å². The molecule has 0 spiro atoms. The molecule has 0 atom stereocenters. The first-order valence-electron chi connectivity index (χ1n) is 6.93. The Morgan fingerprint density at radius 2 is 2.19 bits per heavy atom. The van der Waals surface area contributed by atoms with Crippen LogP contribution in [0.25, 0.3) is 0 Å². The van der Waals surface area contributed by atoms with Crippen molar-refractivity contribution < 1.29 is 13.3 Å². The Kier molecular flexibility index (Phi) is 4.79. The Bertz CT molecular complexity index is 630. The van der Waals surface area contributed by atoms with E-state index in [9.17, 15) is 18.5 Å². The van der Waals surface area contributed by atoms with E-state index >= 15 is 0 Å². The molecule has 0 aromatic heterocycles. The summed E-state index contributed by atoms with van der Waals surface area (Å²) in [7, 11) is -3.22. The third kappa shape index (κ3) is 3.70. The summed E-state index contributed by atoms with van der Waals surface area (Å²) in [5.41, 5.74) is 1.37. The highest BCUT2D eigenvalue weighted by Gasteiger charge is 2.29. The number of sulfonamides is 1. The summed E-state index contributed by atoms with van der Waals surface area (Å²) in [5.74, 6) is 0.152. The maximum Gasteiger partial charge on any atom is 0.269 e. The van der Waals surface area contributed by atoms with E-state index in [1.54, 1.807) is 6.07 Å². The fourth-order valence-corrected chi connectivity index (χ4v) is 3.81. The van der Waals surface area contributed by atoms with Gasteiger partial charge in [0.15, 0.2) is 0 Å². The number of nitrogens with one attached hydrogen (secondary N) is 1. The minimum atomic E-state index is -3.22. The number of nitro benzene ring substituents is 1. The Hall–Kier alpha value is -1.67. The molecule has 1 aromatic carbocycles. The normalized spacial score (nSPS) is 17.8. The number of nitro groups is 1. The highest BCUT2D eigenvalue weighted by molar-refractivity contribution is 7.89. The summed E-state index contributed by atoms with van der Waals surface area (Å²) in [5, 5.41) is 14.1. The molecule has 1 fully saturated rings. The molecule has 1 aromatic rings. The van der Waals surface area contributed by atoms with Gasteiger partial charge in [0.05, 0.1) is 10.7 Å². The predicted octanol–water partition coefficient (Wildman–Crippen LogP) is 1.95. The summed E-state index contributed by atoms with van der Waals surface area (Å²) in [6, 6.07) is 4.53. The lowest BCUT2D eigenvalue weighted by Gasteiger charge is -2.17. The highest BCUT2D eigenvalue weighted by Crippen LogP contribution is 2.26. The molecule has 7 nitrogen and oxygen atoms in total. The number of benzene rings is 1. The van der Waals surface area contributed by atoms with Gasteiger partial charge in [-0.1, -0.05) is 6.92 Å². The van der Waals surface area contributed by atoms with Crippen LogP contribution >= 0.6 is 0 Å². The van der Waals surface area contributed by atoms with Gasteiger partial charge in [-0.15, -0.1) is 0 Å². The second-order valence-electron chi connectivity index (χ2n) is 5.03. The van der Waals surface area contributed by atoms with Crippen molar-refractivity contribution in [1.82, 2.24) is 4.31 Å². The first-order chi connectivity index (χ1) is 9.94. The van der Waals surface area contributed by atoms with Crippen molar-refractivity contribution in [2.24, 2.45) is 0 Å². The van der Waals surface area contributed by atoms with Gasteiger partial charge in [0.2, 0.25) is 10.0 Å². The molecule has 1 aliphatic rings. The van der Waals surface area contributed by atoms with Crippen molar-refractivity contribution in [2.45, 2.75) is 26.3 Å². The van der Waals surface area contributed by atoms with Gasteiger partial charge in [-0.2, -0.15) is 4.31 Å². The van der Waals surface area contributed by atoms with Gasteiger partial charge in [-0.3, -0.25) is 10.1 Å². The van der Waals surface area contributed by atoms with Crippen LogP contribution in [0.5, 0.6) is 0 Å². The molecule has 0 radical (unpaired) electrons. The number of nitrogens with zero attached hydrogens (tertiary/aromatic N) is 2. The number of non-ortho nitro benzene ring substituents is 1. The van der Waals surface area contributed by atoms with Gasteiger partial charge < -0.3 is 5.32 Å². The fourth-order valence-electron chi connectivity index (χ4n) is 2.32. The van der Waals surface area contributed by atoms with Gasteiger partial charge in [-0.25, -0.2) is 8.42 Å². The molecule has 1 heterocycles. The van der Waals surface area contributed by atoms with E-state index in [-0.39, 0.29) is 18.0 Å². The minimum absolute atomic E-state index is 0.0244. The average molecular weight is 313 g/mol. The third-order valence-corrected chi connectivity index (χ3v) is 5.32. The lowest BCUT2D eigenvalue weighted by Crippen LogP contribution is -2.25. The van der Waals surface area contributed by atoms with Crippen LogP contribution in [-0.4, -0.2) is 36.5 Å². The van der Waals surface area contributed by atoms with Crippen molar-refractivity contribution in [2.75, 3.05) is 24.2 Å². The molecule has 0 saturated carbocycles. The summed E-state index contributed by atoms with van der Waals surface area (Å²) in [4.78, 5) is 10.4. The van der Waals surface area contributed by atoms with Gasteiger partial charge >= 0.3 is 0 Å². The minimum Gasteiger partial charge on any atom is -0.385 e. The van der Waals surface area contributed by atoms with E-state index in [1.165, 1.54) is 16.4 Å². The lowest BCUT2D eigenvalue weighted by molar-refractivity contribution is -0.384. The molecule has 0 bridgehead atoms. The van der Waals surface area contributed by atoms with Crippen molar-refractivity contribution in [3.63, 3.8) is 0 Å². The maximum atomic E-state index is 11.9. The van der Waals surface area contributed by atoms with Crippen LogP contribution in [0.3, 0.4) is 0 Å². The fraction of sp³-hybridized carbons (Fsp3) is 0.538. The molecular formula is C13H19N3O4S. The van der Waals surface area contributed by atoms with Crippen LogP contribution < -0.4 is 5.32 Å². The van der Waals surface area contributed by atoms with Gasteiger partial charge in [0, 0.05) is 37.5 Å². The molecule has 0 unspecified atom stereocenters. The number of hydrogen-bond acceptors (Lipinski definition) is 5. The summed E-state index contributed by atoms with van der Waals surface area (Å²) < 4.78 is 25.2. The van der Waals surface area contributed by atoms with Crippen LogP contribution in [0.1, 0.15) is 25.3 Å². The zero-order valence-corrected chi connectivity index (χ0v) is 12.7. The molecule has 2 rings (SSSR count). The quantitative estimate of drug-likeness (QED) is 0.640. The van der Waals surface area contributed by atoms with Crippen molar-refractivity contribution in [3.8, 4) is 0 Å². The molecule has 0 aliphatic carbocycles. The van der Waals surface area contributed by atoms with Crippen molar-refractivity contribution in [1.29, 1.82) is 0 Å². The van der Waals surface area contributed by atoms with Crippen LogP contribution in [0.4, 0.5) is 11.4 Å². The van der Waals surface area contributed by atoms with Crippen LogP contribution in [0.2, 0.25) is 0 Å². The van der Waals surface area contributed by atoms with Crippen molar-refractivity contribution >= 4 is 21.4 Å². The Labute approximate surface area is 124 Å². The molecule has 1 N–H and O–H groups in total. The standard InChI is InChI=1S/C13H19N3O4S/c1-2-6-14-13-5-4-12(16(17)18)9-11(13)10-15-7-3-8-21(15,19)20/h4-5,9,14H,2-3,6-8,10H2,1H3. The summed E-state index contributed by atoms with van der Waals surface area (Å²) in [6.07, 6.45) is 1.52. The molecule has 1 aliphatic heterocycles. The number of rotatable bonds is 6. The van der Waals surface area contributed by atoms with E-state index in [1.807, 2.05) is 6.92 Å².